The quantitative estimate of drug-likeness (QED) is 0.530. The number of nitrogens with two attached hydrogens (primary N) is 1. The molecule has 0 aliphatic heterocycles. The minimum Gasteiger partial charge on any atom is -0.319 e. The maximum absolute atomic E-state index is 6.03. The lowest BCUT2D eigenvalue weighted by molar-refractivity contribution is 0.271. The topological polar surface area (TPSA) is 54.0 Å². The smallest absolute Gasteiger partial charge is 0.0674 e. The molecule has 0 aliphatic rings. The van der Waals surface area contributed by atoms with E-state index in [0.29, 0.717) is 6.54 Å². The van der Waals surface area contributed by atoms with Crippen molar-refractivity contribution in [3.8, 4) is 0 Å². The molecule has 4 nitrogen and oxygen atoms in total. The molecule has 4 heteroatoms. The van der Waals surface area contributed by atoms with Crippen LogP contribution in [0.3, 0.4) is 0 Å². The lowest BCUT2D eigenvalue weighted by atomic mass is 10.1. The highest BCUT2D eigenvalue weighted by atomic mass is 15.5. The number of hydrazone groups is 1. The zero-order valence-electron chi connectivity index (χ0n) is 10.2. The van der Waals surface area contributed by atoms with Crippen molar-refractivity contribution < 1.29 is 0 Å². The van der Waals surface area contributed by atoms with E-state index in [4.69, 9.17) is 5.73 Å². The van der Waals surface area contributed by atoms with Crippen molar-refractivity contribution >= 4 is 11.9 Å². The summed E-state index contributed by atoms with van der Waals surface area (Å²) in [5, 5.41) is 6.29. The van der Waals surface area contributed by atoms with E-state index in [9.17, 15) is 0 Å². The number of nitrogens with zero attached hydrogens (tertiary/aromatic N) is 3. The third-order valence-electron chi connectivity index (χ3n) is 1.91. The first kappa shape index (κ1) is 13.8. The van der Waals surface area contributed by atoms with Crippen molar-refractivity contribution in [2.24, 2.45) is 15.8 Å². The van der Waals surface area contributed by atoms with E-state index in [1.165, 1.54) is 0 Å². The molecular weight excluding hydrogens is 188 g/mol. The zero-order valence-corrected chi connectivity index (χ0v) is 10.2. The van der Waals surface area contributed by atoms with Crippen LogP contribution in [0.5, 0.6) is 0 Å². The molecule has 0 radical (unpaired) electrons. The first-order valence-electron chi connectivity index (χ1n) is 5.10. The number of likely N-dealkylation sites (N-methyl/N-ethyl adjacent to an activating group) is 1. The molecule has 0 rings (SSSR count). The molecule has 0 bridgehead atoms. The summed E-state index contributed by atoms with van der Waals surface area (Å²) in [6, 6.07) is 0. The van der Waals surface area contributed by atoms with Gasteiger partial charge in [0.2, 0.25) is 0 Å². The number of hydrogen-bond acceptors (Lipinski definition) is 4. The Morgan fingerprint density at radius 1 is 1.60 bits per heavy atom. The highest BCUT2D eigenvalue weighted by Crippen LogP contribution is 2.02. The highest BCUT2D eigenvalue weighted by molar-refractivity contribution is 5.91. The molecule has 1 unspecified atom stereocenters. The third-order valence-corrected chi connectivity index (χ3v) is 1.91. The van der Waals surface area contributed by atoms with Crippen LogP contribution >= 0.6 is 0 Å². The summed E-state index contributed by atoms with van der Waals surface area (Å²) in [5.74, 6) is 0. The zero-order chi connectivity index (χ0) is 11.9. The number of hydrogen-bond donors (Lipinski definition) is 1. The molecule has 0 spiro atoms. The molecule has 0 aromatic rings. The highest BCUT2D eigenvalue weighted by Gasteiger charge is 2.18. The average Bonchev–Trinajstić information content (AvgIpc) is 2.16. The van der Waals surface area contributed by atoms with Gasteiger partial charge in [0.25, 0.3) is 0 Å². The lowest BCUT2D eigenvalue weighted by Gasteiger charge is -2.27. The summed E-state index contributed by atoms with van der Waals surface area (Å²) in [7, 11) is 1.72. The summed E-state index contributed by atoms with van der Waals surface area (Å²) in [6.07, 6.45) is 3.47. The second kappa shape index (κ2) is 6.35. The summed E-state index contributed by atoms with van der Waals surface area (Å²) in [5.41, 5.74) is 6.48. The van der Waals surface area contributed by atoms with Crippen LogP contribution in [0.15, 0.2) is 22.7 Å². The van der Waals surface area contributed by atoms with E-state index >= 15 is 0 Å². The number of rotatable bonds is 6. The standard InChI is InChI=1S/C11H22N4/c1-6-10(3)14-15(7-2)9-11(4,12)8-13-5/h6,8H,1,7,9,12H2,2-5H3/b13-8?,14-10+. The van der Waals surface area contributed by atoms with Gasteiger partial charge in [-0.25, -0.2) is 0 Å². The van der Waals surface area contributed by atoms with Crippen LogP contribution in [-0.2, 0) is 0 Å². The number of aliphatic imine (C=N–C) groups is 1. The Morgan fingerprint density at radius 3 is 2.60 bits per heavy atom. The van der Waals surface area contributed by atoms with Crippen LogP contribution in [-0.4, -0.2) is 42.6 Å². The Balaban J connectivity index is 4.52. The first-order valence-corrected chi connectivity index (χ1v) is 5.10. The molecule has 0 heterocycles. The molecule has 2 N–H and O–H groups in total. The molecule has 0 aromatic heterocycles. The molecule has 86 valence electrons. The van der Waals surface area contributed by atoms with Crippen LogP contribution in [0.4, 0.5) is 0 Å². The molecule has 0 amide bonds. The Bertz CT molecular complexity index is 253. The fourth-order valence-electron chi connectivity index (χ4n) is 1.21. The van der Waals surface area contributed by atoms with Gasteiger partial charge < -0.3 is 5.73 Å². The largest absolute Gasteiger partial charge is 0.319 e. The molecule has 15 heavy (non-hydrogen) atoms. The molecule has 0 aliphatic carbocycles. The van der Waals surface area contributed by atoms with E-state index < -0.39 is 5.54 Å². The Hall–Kier alpha value is -1.16. The third kappa shape index (κ3) is 6.01. The maximum Gasteiger partial charge on any atom is 0.0674 e. The second-order valence-corrected chi connectivity index (χ2v) is 3.82. The van der Waals surface area contributed by atoms with Gasteiger partial charge >= 0.3 is 0 Å². The van der Waals surface area contributed by atoms with Crippen molar-refractivity contribution in [1.82, 2.24) is 5.01 Å². The van der Waals surface area contributed by atoms with Crippen LogP contribution in [0.1, 0.15) is 20.8 Å². The fourth-order valence-corrected chi connectivity index (χ4v) is 1.21. The SMILES string of the molecule is C=C/C(C)=N/N(CC)CC(C)(N)C=NC. The molecular formula is C11H22N4. The number of allylic oxidation sites excluding steroid dienone is 1. The van der Waals surface area contributed by atoms with Crippen molar-refractivity contribution in [1.29, 1.82) is 0 Å². The van der Waals surface area contributed by atoms with Crippen LogP contribution < -0.4 is 5.73 Å². The molecule has 1 atom stereocenters. The summed E-state index contributed by atoms with van der Waals surface area (Å²) in [6.45, 7) is 11.0. The van der Waals surface area contributed by atoms with Gasteiger partial charge in [0, 0.05) is 19.8 Å². The van der Waals surface area contributed by atoms with Gasteiger partial charge in [0.15, 0.2) is 0 Å². The van der Waals surface area contributed by atoms with Gasteiger partial charge in [-0.3, -0.25) is 10.0 Å². The van der Waals surface area contributed by atoms with Gasteiger partial charge in [0.05, 0.1) is 17.8 Å². The molecule has 0 aromatic carbocycles. The fraction of sp³-hybridized carbons (Fsp3) is 0.636. The lowest BCUT2D eigenvalue weighted by Crippen LogP contribution is -2.47. The van der Waals surface area contributed by atoms with Crippen molar-refractivity contribution in [2.75, 3.05) is 20.1 Å². The Kier molecular flexibility index (Phi) is 5.86. The monoisotopic (exact) mass is 210 g/mol. The first-order chi connectivity index (χ1) is 6.95. The van der Waals surface area contributed by atoms with Gasteiger partial charge in [-0.15, -0.1) is 0 Å². The van der Waals surface area contributed by atoms with Crippen LogP contribution in [0.2, 0.25) is 0 Å². The normalized spacial score (nSPS) is 16.5. The molecule has 0 fully saturated rings. The Morgan fingerprint density at radius 2 is 2.20 bits per heavy atom. The Labute approximate surface area is 92.6 Å². The average molecular weight is 210 g/mol. The second-order valence-electron chi connectivity index (χ2n) is 3.82. The van der Waals surface area contributed by atoms with Crippen LogP contribution in [0, 0.1) is 0 Å². The summed E-state index contributed by atoms with van der Waals surface area (Å²) < 4.78 is 0. The van der Waals surface area contributed by atoms with E-state index in [-0.39, 0.29) is 0 Å². The van der Waals surface area contributed by atoms with Crippen molar-refractivity contribution in [2.45, 2.75) is 26.3 Å². The van der Waals surface area contributed by atoms with Crippen molar-refractivity contribution in [3.63, 3.8) is 0 Å². The predicted octanol–water partition coefficient (Wildman–Crippen LogP) is 1.29. The minimum atomic E-state index is -0.449. The van der Waals surface area contributed by atoms with E-state index in [0.717, 1.165) is 12.3 Å². The van der Waals surface area contributed by atoms with Gasteiger partial charge in [-0.2, -0.15) is 5.10 Å². The van der Waals surface area contributed by atoms with Gasteiger partial charge in [-0.1, -0.05) is 6.58 Å². The van der Waals surface area contributed by atoms with E-state index in [1.807, 2.05) is 25.8 Å². The van der Waals surface area contributed by atoms with Crippen LogP contribution in [0.25, 0.3) is 0 Å². The van der Waals surface area contributed by atoms with E-state index in [2.05, 4.69) is 16.7 Å². The summed E-state index contributed by atoms with van der Waals surface area (Å²) >= 11 is 0. The van der Waals surface area contributed by atoms with Gasteiger partial charge in [-0.05, 0) is 26.8 Å². The summed E-state index contributed by atoms with van der Waals surface area (Å²) in [4.78, 5) is 3.95. The predicted molar refractivity (Wildman–Crippen MR) is 67.6 cm³/mol. The van der Waals surface area contributed by atoms with E-state index in [1.54, 1.807) is 19.3 Å². The van der Waals surface area contributed by atoms with Crippen molar-refractivity contribution in [3.05, 3.63) is 12.7 Å². The van der Waals surface area contributed by atoms with Gasteiger partial charge in [0.1, 0.15) is 0 Å². The maximum atomic E-state index is 6.03. The minimum absolute atomic E-state index is 0.449. The molecule has 0 saturated heterocycles. The molecule has 0 saturated carbocycles.